The normalized spacial score (nSPS) is 10.4. The molecule has 0 saturated heterocycles. The Hall–Kier alpha value is -0.420. The van der Waals surface area contributed by atoms with Crippen LogP contribution >= 0.6 is 0 Å². The molecule has 0 aromatic heterocycles. The zero-order valence-electron chi connectivity index (χ0n) is 8.96. The van der Waals surface area contributed by atoms with Crippen LogP contribution in [0.5, 0.6) is 0 Å². The fourth-order valence-electron chi connectivity index (χ4n) is 0.813. The van der Waals surface area contributed by atoms with Gasteiger partial charge in [0.2, 0.25) is 0 Å². The summed E-state index contributed by atoms with van der Waals surface area (Å²) in [5.74, 6) is 0. The minimum absolute atomic E-state index is 0.630. The molecular weight excluding hydrogens is 182 g/mol. The van der Waals surface area contributed by atoms with Gasteiger partial charge in [0.1, 0.15) is 0 Å². The van der Waals surface area contributed by atoms with Gasteiger partial charge in [0, 0.05) is 20.2 Å². The SMILES string of the molecule is C=CCNCCOCCOCCOC. The van der Waals surface area contributed by atoms with Crippen molar-refractivity contribution in [1.29, 1.82) is 0 Å². The van der Waals surface area contributed by atoms with E-state index < -0.39 is 0 Å². The third-order valence-electron chi connectivity index (χ3n) is 1.52. The molecule has 0 aromatic rings. The Morgan fingerprint density at radius 1 is 1.07 bits per heavy atom. The highest BCUT2D eigenvalue weighted by molar-refractivity contribution is 4.68. The van der Waals surface area contributed by atoms with Gasteiger partial charge in [-0.05, 0) is 0 Å². The van der Waals surface area contributed by atoms with Gasteiger partial charge in [0.05, 0.1) is 33.0 Å². The van der Waals surface area contributed by atoms with Crippen LogP contribution in [0.2, 0.25) is 0 Å². The lowest BCUT2D eigenvalue weighted by molar-refractivity contribution is 0.0257. The molecule has 0 aliphatic rings. The minimum atomic E-state index is 0.630. The second-order valence-corrected chi connectivity index (χ2v) is 2.71. The Labute approximate surface area is 86.2 Å². The quantitative estimate of drug-likeness (QED) is 0.391. The van der Waals surface area contributed by atoms with Crippen molar-refractivity contribution in [1.82, 2.24) is 5.32 Å². The van der Waals surface area contributed by atoms with Gasteiger partial charge in [0.15, 0.2) is 0 Å². The zero-order valence-corrected chi connectivity index (χ0v) is 8.96. The van der Waals surface area contributed by atoms with Crippen molar-refractivity contribution in [3.05, 3.63) is 12.7 Å². The highest BCUT2D eigenvalue weighted by Gasteiger charge is 1.89. The first-order valence-corrected chi connectivity index (χ1v) is 4.88. The van der Waals surface area contributed by atoms with E-state index in [1.54, 1.807) is 7.11 Å². The average Bonchev–Trinajstić information content (AvgIpc) is 2.21. The number of nitrogens with one attached hydrogen (secondary N) is 1. The van der Waals surface area contributed by atoms with Gasteiger partial charge in [0.25, 0.3) is 0 Å². The molecule has 1 N–H and O–H groups in total. The second kappa shape index (κ2) is 12.6. The fourth-order valence-corrected chi connectivity index (χ4v) is 0.813. The van der Waals surface area contributed by atoms with Gasteiger partial charge < -0.3 is 19.5 Å². The molecule has 0 bridgehead atoms. The van der Waals surface area contributed by atoms with Crippen LogP contribution in [-0.4, -0.2) is 53.2 Å². The van der Waals surface area contributed by atoms with E-state index in [9.17, 15) is 0 Å². The Morgan fingerprint density at radius 3 is 2.36 bits per heavy atom. The fraction of sp³-hybridized carbons (Fsp3) is 0.800. The molecule has 4 nitrogen and oxygen atoms in total. The van der Waals surface area contributed by atoms with Crippen LogP contribution in [0.4, 0.5) is 0 Å². The van der Waals surface area contributed by atoms with Gasteiger partial charge in [-0.3, -0.25) is 0 Å². The lowest BCUT2D eigenvalue weighted by Crippen LogP contribution is -2.20. The number of ether oxygens (including phenoxy) is 3. The Morgan fingerprint density at radius 2 is 1.71 bits per heavy atom. The predicted molar refractivity (Wildman–Crippen MR) is 56.6 cm³/mol. The van der Waals surface area contributed by atoms with Gasteiger partial charge in [-0.1, -0.05) is 6.08 Å². The van der Waals surface area contributed by atoms with Crippen LogP contribution in [0.25, 0.3) is 0 Å². The monoisotopic (exact) mass is 203 g/mol. The predicted octanol–water partition coefficient (Wildman–Crippen LogP) is 0.442. The molecule has 0 rings (SSSR count). The number of hydrogen-bond acceptors (Lipinski definition) is 4. The maximum absolute atomic E-state index is 5.30. The van der Waals surface area contributed by atoms with Crippen molar-refractivity contribution in [3.8, 4) is 0 Å². The van der Waals surface area contributed by atoms with Gasteiger partial charge in [-0.2, -0.15) is 0 Å². The topological polar surface area (TPSA) is 39.7 Å². The molecule has 0 unspecified atom stereocenters. The van der Waals surface area contributed by atoms with Gasteiger partial charge in [-0.15, -0.1) is 6.58 Å². The summed E-state index contributed by atoms with van der Waals surface area (Å²) in [6.07, 6.45) is 1.83. The largest absolute Gasteiger partial charge is 0.382 e. The van der Waals surface area contributed by atoms with Crippen molar-refractivity contribution in [2.24, 2.45) is 0 Å². The molecule has 0 aliphatic heterocycles. The van der Waals surface area contributed by atoms with Crippen molar-refractivity contribution < 1.29 is 14.2 Å². The van der Waals surface area contributed by atoms with E-state index in [0.717, 1.165) is 13.1 Å². The molecule has 0 radical (unpaired) electrons. The standard InChI is InChI=1S/C10H21NO3/c1-3-4-11-5-6-13-9-10-14-8-7-12-2/h3,11H,1,4-10H2,2H3. The van der Waals surface area contributed by atoms with Gasteiger partial charge in [-0.25, -0.2) is 0 Å². The molecule has 0 amide bonds. The summed E-state index contributed by atoms with van der Waals surface area (Å²) in [6, 6.07) is 0. The van der Waals surface area contributed by atoms with Crippen molar-refractivity contribution >= 4 is 0 Å². The van der Waals surface area contributed by atoms with Crippen LogP contribution in [0.3, 0.4) is 0 Å². The molecule has 84 valence electrons. The van der Waals surface area contributed by atoms with E-state index in [4.69, 9.17) is 14.2 Å². The summed E-state index contributed by atoms with van der Waals surface area (Å²) in [6.45, 7) is 8.53. The van der Waals surface area contributed by atoms with Crippen molar-refractivity contribution in [2.75, 3.05) is 53.2 Å². The highest BCUT2D eigenvalue weighted by atomic mass is 16.5. The summed E-state index contributed by atoms with van der Waals surface area (Å²) in [5, 5.41) is 3.14. The van der Waals surface area contributed by atoms with Crippen LogP contribution in [0, 0.1) is 0 Å². The number of rotatable bonds is 11. The summed E-state index contributed by atoms with van der Waals surface area (Å²) in [5.41, 5.74) is 0. The molecule has 0 aromatic carbocycles. The molecule has 0 spiro atoms. The molecule has 0 aliphatic carbocycles. The molecule has 4 heteroatoms. The third-order valence-corrected chi connectivity index (χ3v) is 1.52. The Kier molecular flexibility index (Phi) is 12.2. The van der Waals surface area contributed by atoms with Crippen LogP contribution in [-0.2, 0) is 14.2 Å². The number of methoxy groups -OCH3 is 1. The Bertz CT molecular complexity index is 120. The van der Waals surface area contributed by atoms with E-state index in [-0.39, 0.29) is 0 Å². The number of hydrogen-bond donors (Lipinski definition) is 1. The third kappa shape index (κ3) is 11.6. The van der Waals surface area contributed by atoms with Gasteiger partial charge >= 0.3 is 0 Å². The lowest BCUT2D eigenvalue weighted by atomic mass is 10.6. The van der Waals surface area contributed by atoms with Crippen LogP contribution in [0.15, 0.2) is 12.7 Å². The molecule has 0 heterocycles. The summed E-state index contributed by atoms with van der Waals surface area (Å²) in [4.78, 5) is 0. The molecular formula is C10H21NO3. The lowest BCUT2D eigenvalue weighted by Gasteiger charge is -2.05. The van der Waals surface area contributed by atoms with E-state index in [0.29, 0.717) is 33.0 Å². The first-order chi connectivity index (χ1) is 6.91. The smallest absolute Gasteiger partial charge is 0.0701 e. The van der Waals surface area contributed by atoms with Crippen molar-refractivity contribution in [2.45, 2.75) is 0 Å². The highest BCUT2D eigenvalue weighted by Crippen LogP contribution is 1.79. The summed E-state index contributed by atoms with van der Waals surface area (Å²) in [7, 11) is 1.66. The first kappa shape index (κ1) is 13.6. The molecule has 0 saturated carbocycles. The maximum atomic E-state index is 5.30. The first-order valence-electron chi connectivity index (χ1n) is 4.88. The van der Waals surface area contributed by atoms with E-state index >= 15 is 0 Å². The average molecular weight is 203 g/mol. The summed E-state index contributed by atoms with van der Waals surface area (Å²) < 4.78 is 15.3. The minimum Gasteiger partial charge on any atom is -0.382 e. The molecule has 0 fully saturated rings. The second-order valence-electron chi connectivity index (χ2n) is 2.71. The van der Waals surface area contributed by atoms with E-state index in [1.807, 2.05) is 6.08 Å². The maximum Gasteiger partial charge on any atom is 0.0701 e. The Balaban J connectivity index is 2.81. The zero-order chi connectivity index (χ0) is 10.5. The van der Waals surface area contributed by atoms with Crippen molar-refractivity contribution in [3.63, 3.8) is 0 Å². The van der Waals surface area contributed by atoms with Crippen LogP contribution < -0.4 is 5.32 Å². The van der Waals surface area contributed by atoms with Crippen LogP contribution in [0.1, 0.15) is 0 Å². The molecule has 0 atom stereocenters. The summed E-state index contributed by atoms with van der Waals surface area (Å²) >= 11 is 0. The molecule has 14 heavy (non-hydrogen) atoms. The van der Waals surface area contributed by atoms with E-state index in [1.165, 1.54) is 0 Å². The van der Waals surface area contributed by atoms with E-state index in [2.05, 4.69) is 11.9 Å².